The second kappa shape index (κ2) is 9.70. The van der Waals surface area contributed by atoms with E-state index in [0.717, 1.165) is 12.0 Å². The number of hydrogen-bond donors (Lipinski definition) is 1. The summed E-state index contributed by atoms with van der Waals surface area (Å²) in [4.78, 5) is 16.9. The highest BCUT2D eigenvalue weighted by Crippen LogP contribution is 2.27. The van der Waals surface area contributed by atoms with Crippen LogP contribution in [0.4, 0.5) is 0 Å². The van der Waals surface area contributed by atoms with Crippen LogP contribution in [0.5, 0.6) is 0 Å². The zero-order chi connectivity index (χ0) is 20.6. The van der Waals surface area contributed by atoms with E-state index in [1.807, 2.05) is 42.5 Å². The van der Waals surface area contributed by atoms with Gasteiger partial charge in [0.1, 0.15) is 6.26 Å². The normalized spacial score (nSPS) is 10.8. The quantitative estimate of drug-likeness (QED) is 0.444. The Bertz CT molecular complexity index is 1020. The van der Waals surface area contributed by atoms with Gasteiger partial charge < -0.3 is 9.73 Å². The minimum atomic E-state index is -0.0530. The standard InChI is InChI=1S/C26H24N2O2/c29-25(18-23-19-30-26(28-23)22-14-8-3-9-15-22)27-17-16-24(20-10-4-1-5-11-20)21-12-6-2-7-13-21/h1-15,19,24H,16-18H2,(H,27,29). The van der Waals surface area contributed by atoms with Crippen LogP contribution >= 0.6 is 0 Å². The number of nitrogens with one attached hydrogen (secondary N) is 1. The molecule has 0 aliphatic carbocycles. The van der Waals surface area contributed by atoms with Crippen LogP contribution in [0.3, 0.4) is 0 Å². The first-order valence-corrected chi connectivity index (χ1v) is 10.2. The predicted octanol–water partition coefficient (Wildman–Crippen LogP) is 5.22. The van der Waals surface area contributed by atoms with Gasteiger partial charge in [-0.2, -0.15) is 0 Å². The lowest BCUT2D eigenvalue weighted by Crippen LogP contribution is -2.27. The summed E-state index contributed by atoms with van der Waals surface area (Å²) >= 11 is 0. The lowest BCUT2D eigenvalue weighted by Gasteiger charge is -2.18. The first-order chi connectivity index (χ1) is 14.8. The molecule has 1 N–H and O–H groups in total. The maximum absolute atomic E-state index is 12.4. The molecule has 4 nitrogen and oxygen atoms in total. The average Bonchev–Trinajstić information content (AvgIpc) is 3.27. The van der Waals surface area contributed by atoms with Gasteiger partial charge in [-0.1, -0.05) is 78.9 Å². The van der Waals surface area contributed by atoms with Crippen LogP contribution in [-0.4, -0.2) is 17.4 Å². The summed E-state index contributed by atoms with van der Waals surface area (Å²) in [5.41, 5.74) is 4.04. The van der Waals surface area contributed by atoms with Crippen molar-refractivity contribution in [3.8, 4) is 11.5 Å². The van der Waals surface area contributed by atoms with E-state index in [4.69, 9.17) is 4.42 Å². The number of carbonyl (C=O) groups excluding carboxylic acids is 1. The van der Waals surface area contributed by atoms with Crippen molar-refractivity contribution in [3.63, 3.8) is 0 Å². The lowest BCUT2D eigenvalue weighted by atomic mass is 9.88. The summed E-state index contributed by atoms with van der Waals surface area (Å²) in [5, 5.41) is 3.03. The van der Waals surface area contributed by atoms with Gasteiger partial charge in [0, 0.05) is 18.0 Å². The molecule has 1 amide bonds. The summed E-state index contributed by atoms with van der Waals surface area (Å²) in [6.07, 6.45) is 2.59. The number of nitrogens with zero attached hydrogens (tertiary/aromatic N) is 1. The van der Waals surface area contributed by atoms with Crippen molar-refractivity contribution in [1.29, 1.82) is 0 Å². The highest BCUT2D eigenvalue weighted by molar-refractivity contribution is 5.78. The van der Waals surface area contributed by atoms with Crippen molar-refractivity contribution in [3.05, 3.63) is 114 Å². The minimum Gasteiger partial charge on any atom is -0.444 e. The molecule has 0 fully saturated rings. The van der Waals surface area contributed by atoms with Gasteiger partial charge in [0.2, 0.25) is 11.8 Å². The van der Waals surface area contributed by atoms with Gasteiger partial charge in [0.25, 0.3) is 0 Å². The van der Waals surface area contributed by atoms with Gasteiger partial charge in [0.15, 0.2) is 0 Å². The van der Waals surface area contributed by atoms with E-state index in [1.54, 1.807) is 6.26 Å². The number of hydrogen-bond acceptors (Lipinski definition) is 3. The van der Waals surface area contributed by atoms with Crippen molar-refractivity contribution >= 4 is 5.91 Å². The van der Waals surface area contributed by atoms with E-state index in [1.165, 1.54) is 11.1 Å². The van der Waals surface area contributed by atoms with Crippen LogP contribution in [0.25, 0.3) is 11.5 Å². The Morgan fingerprint density at radius 2 is 1.40 bits per heavy atom. The molecule has 0 saturated heterocycles. The Balaban J connectivity index is 1.35. The van der Waals surface area contributed by atoms with Crippen molar-refractivity contribution in [2.75, 3.05) is 6.54 Å². The predicted molar refractivity (Wildman–Crippen MR) is 118 cm³/mol. The van der Waals surface area contributed by atoms with Gasteiger partial charge in [-0.05, 0) is 29.7 Å². The first kappa shape index (κ1) is 19.6. The lowest BCUT2D eigenvalue weighted by molar-refractivity contribution is -0.120. The topological polar surface area (TPSA) is 55.1 Å². The number of amides is 1. The molecule has 0 unspecified atom stereocenters. The third-order valence-electron chi connectivity index (χ3n) is 5.07. The maximum atomic E-state index is 12.4. The SMILES string of the molecule is O=C(Cc1coc(-c2ccccc2)n1)NCCC(c1ccccc1)c1ccccc1. The molecule has 150 valence electrons. The number of oxazole rings is 1. The molecule has 0 saturated carbocycles. The zero-order valence-electron chi connectivity index (χ0n) is 16.7. The highest BCUT2D eigenvalue weighted by Gasteiger charge is 2.15. The van der Waals surface area contributed by atoms with E-state index >= 15 is 0 Å². The smallest absolute Gasteiger partial charge is 0.226 e. The molecule has 0 radical (unpaired) electrons. The fourth-order valence-electron chi connectivity index (χ4n) is 3.58. The van der Waals surface area contributed by atoms with Crippen LogP contribution in [0, 0.1) is 0 Å². The van der Waals surface area contributed by atoms with Crippen molar-refractivity contribution in [1.82, 2.24) is 10.3 Å². The Kier molecular flexibility index (Phi) is 6.35. The van der Waals surface area contributed by atoms with Crippen molar-refractivity contribution in [2.45, 2.75) is 18.8 Å². The third kappa shape index (κ3) is 5.03. The minimum absolute atomic E-state index is 0.0530. The Labute approximate surface area is 176 Å². The molecule has 0 aliphatic rings. The van der Waals surface area contributed by atoms with E-state index in [0.29, 0.717) is 18.1 Å². The van der Waals surface area contributed by atoms with E-state index < -0.39 is 0 Å². The number of benzene rings is 3. The number of carbonyl (C=O) groups is 1. The fraction of sp³-hybridized carbons (Fsp3) is 0.154. The Morgan fingerprint density at radius 1 is 0.833 bits per heavy atom. The molecule has 0 spiro atoms. The molecule has 3 aromatic carbocycles. The van der Waals surface area contributed by atoms with Gasteiger partial charge in [-0.25, -0.2) is 4.98 Å². The summed E-state index contributed by atoms with van der Waals surface area (Å²) < 4.78 is 5.52. The molecule has 4 rings (SSSR count). The second-order valence-corrected chi connectivity index (χ2v) is 7.20. The van der Waals surface area contributed by atoms with E-state index in [2.05, 4.69) is 58.8 Å². The van der Waals surface area contributed by atoms with Crippen LogP contribution in [-0.2, 0) is 11.2 Å². The number of aromatic nitrogens is 1. The molecule has 1 heterocycles. The molecule has 4 aromatic rings. The Hall–Kier alpha value is -3.66. The third-order valence-corrected chi connectivity index (χ3v) is 5.07. The van der Waals surface area contributed by atoms with Gasteiger partial charge >= 0.3 is 0 Å². The molecule has 1 aromatic heterocycles. The van der Waals surface area contributed by atoms with Crippen LogP contribution < -0.4 is 5.32 Å². The number of rotatable bonds is 8. The maximum Gasteiger partial charge on any atom is 0.226 e. The van der Waals surface area contributed by atoms with Crippen LogP contribution in [0.15, 0.2) is 102 Å². The second-order valence-electron chi connectivity index (χ2n) is 7.20. The van der Waals surface area contributed by atoms with Crippen LogP contribution in [0.2, 0.25) is 0 Å². The summed E-state index contributed by atoms with van der Waals surface area (Å²) in [6.45, 7) is 0.594. The summed E-state index contributed by atoms with van der Waals surface area (Å²) in [5.74, 6) is 0.721. The largest absolute Gasteiger partial charge is 0.444 e. The molecular weight excluding hydrogens is 372 g/mol. The van der Waals surface area contributed by atoms with E-state index in [9.17, 15) is 4.79 Å². The molecular formula is C26H24N2O2. The van der Waals surface area contributed by atoms with E-state index in [-0.39, 0.29) is 18.2 Å². The first-order valence-electron chi connectivity index (χ1n) is 10.2. The highest BCUT2D eigenvalue weighted by atomic mass is 16.3. The zero-order valence-corrected chi connectivity index (χ0v) is 16.7. The van der Waals surface area contributed by atoms with Crippen molar-refractivity contribution in [2.24, 2.45) is 0 Å². The molecule has 0 bridgehead atoms. The molecule has 4 heteroatoms. The Morgan fingerprint density at radius 3 is 2.00 bits per heavy atom. The molecule has 0 atom stereocenters. The summed E-state index contributed by atoms with van der Waals surface area (Å²) in [7, 11) is 0. The summed E-state index contributed by atoms with van der Waals surface area (Å²) in [6, 6.07) is 30.5. The molecule has 0 aliphatic heterocycles. The van der Waals surface area contributed by atoms with Crippen LogP contribution in [0.1, 0.15) is 29.2 Å². The van der Waals surface area contributed by atoms with Gasteiger partial charge in [-0.3, -0.25) is 4.79 Å². The van der Waals surface area contributed by atoms with Crippen molar-refractivity contribution < 1.29 is 9.21 Å². The van der Waals surface area contributed by atoms with Gasteiger partial charge in [-0.15, -0.1) is 0 Å². The van der Waals surface area contributed by atoms with Gasteiger partial charge in [0.05, 0.1) is 12.1 Å². The average molecular weight is 396 g/mol. The monoisotopic (exact) mass is 396 g/mol. The molecule has 30 heavy (non-hydrogen) atoms. The fourth-order valence-corrected chi connectivity index (χ4v) is 3.58.